The van der Waals surface area contributed by atoms with Gasteiger partial charge in [-0.15, -0.1) is 0 Å². The zero-order valence-corrected chi connectivity index (χ0v) is 13.6. The minimum atomic E-state index is 0.481. The van der Waals surface area contributed by atoms with Crippen LogP contribution in [0.25, 0.3) is 11.1 Å². The summed E-state index contributed by atoms with van der Waals surface area (Å²) in [5.41, 5.74) is 1.45. The molecular weight excluding hydrogens is 294 g/mol. The molecule has 0 aliphatic carbocycles. The number of morpholine rings is 1. The van der Waals surface area contributed by atoms with Gasteiger partial charge in [0.2, 0.25) is 0 Å². The maximum Gasteiger partial charge on any atom is 0.263 e. The average molecular weight is 317 g/mol. The molecule has 0 aromatic carbocycles. The molecule has 1 unspecified atom stereocenters. The molecule has 2 aromatic heterocycles. The molecule has 124 valence electrons. The summed E-state index contributed by atoms with van der Waals surface area (Å²) in [5, 5.41) is 5.02. The van der Waals surface area contributed by atoms with Gasteiger partial charge in [-0.25, -0.2) is 4.98 Å². The maximum absolute atomic E-state index is 5.47. The van der Waals surface area contributed by atoms with E-state index in [0.29, 0.717) is 11.8 Å². The smallest absolute Gasteiger partial charge is 0.263 e. The monoisotopic (exact) mass is 317 g/mol. The molecule has 7 heteroatoms. The second-order valence-electron chi connectivity index (χ2n) is 6.40. The van der Waals surface area contributed by atoms with Crippen LogP contribution in [-0.4, -0.2) is 65.5 Å². The largest absolute Gasteiger partial charge is 0.379 e. The second kappa shape index (κ2) is 6.41. The molecule has 2 aliphatic rings. The van der Waals surface area contributed by atoms with Gasteiger partial charge in [-0.05, 0) is 26.2 Å². The molecule has 0 N–H and O–H groups in total. The highest BCUT2D eigenvalue weighted by molar-refractivity contribution is 5.88. The minimum Gasteiger partial charge on any atom is -0.379 e. The van der Waals surface area contributed by atoms with Gasteiger partial charge in [0.1, 0.15) is 17.5 Å². The lowest BCUT2D eigenvalue weighted by molar-refractivity contribution is 0.0338. The Balaban J connectivity index is 1.62. The summed E-state index contributed by atoms with van der Waals surface area (Å²) in [4.78, 5) is 13.7. The summed E-state index contributed by atoms with van der Waals surface area (Å²) in [6, 6.07) is 0.481. The highest BCUT2D eigenvalue weighted by atomic mass is 16.5. The number of fused-ring (bicyclic) bond motifs is 1. The van der Waals surface area contributed by atoms with Crippen LogP contribution in [-0.2, 0) is 4.74 Å². The van der Waals surface area contributed by atoms with Crippen LogP contribution in [0.1, 0.15) is 25.0 Å². The lowest BCUT2D eigenvalue weighted by Crippen LogP contribution is -2.49. The Labute approximate surface area is 135 Å². The molecule has 23 heavy (non-hydrogen) atoms. The first-order chi connectivity index (χ1) is 11.3. The maximum atomic E-state index is 5.47. The molecule has 0 amide bonds. The third-order valence-corrected chi connectivity index (χ3v) is 4.90. The van der Waals surface area contributed by atoms with Crippen molar-refractivity contribution in [3.05, 3.63) is 12.0 Å². The molecule has 0 spiro atoms. The number of hydrogen-bond donors (Lipinski definition) is 0. The number of anilines is 1. The molecule has 2 aliphatic heterocycles. The van der Waals surface area contributed by atoms with E-state index < -0.39 is 0 Å². The Morgan fingerprint density at radius 2 is 2.04 bits per heavy atom. The molecule has 1 atom stereocenters. The van der Waals surface area contributed by atoms with Crippen molar-refractivity contribution in [3.63, 3.8) is 0 Å². The van der Waals surface area contributed by atoms with Gasteiger partial charge in [0.05, 0.1) is 18.9 Å². The first-order valence-electron chi connectivity index (χ1n) is 8.46. The summed E-state index contributed by atoms with van der Waals surface area (Å²) in [7, 11) is 0. The summed E-state index contributed by atoms with van der Waals surface area (Å²) in [6.07, 6.45) is 5.27. The van der Waals surface area contributed by atoms with Crippen LogP contribution >= 0.6 is 0 Å². The zero-order chi connectivity index (χ0) is 15.6. The third kappa shape index (κ3) is 2.90. The molecule has 7 nitrogen and oxygen atoms in total. The number of hydrogen-bond acceptors (Lipinski definition) is 7. The van der Waals surface area contributed by atoms with Crippen molar-refractivity contribution in [2.24, 2.45) is 0 Å². The van der Waals surface area contributed by atoms with Crippen LogP contribution in [0.5, 0.6) is 0 Å². The van der Waals surface area contributed by atoms with Gasteiger partial charge in [0, 0.05) is 32.2 Å². The highest BCUT2D eigenvalue weighted by Crippen LogP contribution is 2.31. The normalized spacial score (nSPS) is 23.5. The van der Waals surface area contributed by atoms with Crippen LogP contribution in [0.3, 0.4) is 0 Å². The molecule has 4 rings (SSSR count). The lowest BCUT2D eigenvalue weighted by atomic mass is 10.0. The van der Waals surface area contributed by atoms with Crippen molar-refractivity contribution in [3.8, 4) is 0 Å². The van der Waals surface area contributed by atoms with Crippen molar-refractivity contribution >= 4 is 16.9 Å². The Hall–Kier alpha value is -1.73. The predicted octanol–water partition coefficient (Wildman–Crippen LogP) is 1.62. The SMILES string of the molecule is Cc1noc2ncnc(N3CCCCC3CN3CCOCC3)c12. The van der Waals surface area contributed by atoms with Crippen molar-refractivity contribution in [1.29, 1.82) is 0 Å². The van der Waals surface area contributed by atoms with Gasteiger partial charge >= 0.3 is 0 Å². The van der Waals surface area contributed by atoms with E-state index in [1.807, 2.05) is 6.92 Å². The topological polar surface area (TPSA) is 67.5 Å². The van der Waals surface area contributed by atoms with Crippen molar-refractivity contribution in [1.82, 2.24) is 20.0 Å². The molecular formula is C16H23N5O2. The minimum absolute atomic E-state index is 0.481. The van der Waals surface area contributed by atoms with Crippen LogP contribution in [0, 0.1) is 6.92 Å². The number of aryl methyl sites for hydroxylation is 1. The van der Waals surface area contributed by atoms with Crippen molar-refractivity contribution < 1.29 is 9.26 Å². The fourth-order valence-electron chi connectivity index (χ4n) is 3.67. The number of aromatic nitrogens is 3. The molecule has 2 fully saturated rings. The van der Waals surface area contributed by atoms with Crippen LogP contribution in [0.4, 0.5) is 5.82 Å². The van der Waals surface area contributed by atoms with E-state index in [4.69, 9.17) is 9.26 Å². The first kappa shape index (κ1) is 14.8. The molecule has 2 saturated heterocycles. The summed E-state index contributed by atoms with van der Waals surface area (Å²) in [6.45, 7) is 7.79. The van der Waals surface area contributed by atoms with E-state index in [1.54, 1.807) is 6.33 Å². The number of ether oxygens (including phenoxy) is 1. The Bertz CT molecular complexity index is 668. The van der Waals surface area contributed by atoms with Crippen LogP contribution < -0.4 is 4.90 Å². The number of rotatable bonds is 3. The van der Waals surface area contributed by atoms with E-state index in [1.165, 1.54) is 19.3 Å². The van der Waals surface area contributed by atoms with E-state index in [9.17, 15) is 0 Å². The van der Waals surface area contributed by atoms with Gasteiger partial charge < -0.3 is 14.2 Å². The van der Waals surface area contributed by atoms with E-state index >= 15 is 0 Å². The zero-order valence-electron chi connectivity index (χ0n) is 13.6. The fourth-order valence-corrected chi connectivity index (χ4v) is 3.67. The number of nitrogens with zero attached hydrogens (tertiary/aromatic N) is 5. The second-order valence-corrected chi connectivity index (χ2v) is 6.40. The molecule has 0 radical (unpaired) electrons. The van der Waals surface area contributed by atoms with E-state index in [0.717, 1.165) is 56.3 Å². The number of piperidine rings is 1. The van der Waals surface area contributed by atoms with Gasteiger partial charge in [-0.3, -0.25) is 4.90 Å². The average Bonchev–Trinajstić information content (AvgIpc) is 2.98. The quantitative estimate of drug-likeness (QED) is 0.852. The van der Waals surface area contributed by atoms with Gasteiger partial charge in [-0.2, -0.15) is 4.98 Å². The Morgan fingerprint density at radius 1 is 1.17 bits per heavy atom. The third-order valence-electron chi connectivity index (χ3n) is 4.90. The van der Waals surface area contributed by atoms with Gasteiger partial charge in [-0.1, -0.05) is 5.16 Å². The Morgan fingerprint density at radius 3 is 2.91 bits per heavy atom. The predicted molar refractivity (Wildman–Crippen MR) is 86.6 cm³/mol. The van der Waals surface area contributed by atoms with Crippen molar-refractivity contribution in [2.45, 2.75) is 32.2 Å². The molecule has 0 saturated carbocycles. The van der Waals surface area contributed by atoms with Crippen molar-refractivity contribution in [2.75, 3.05) is 44.3 Å². The summed E-state index contributed by atoms with van der Waals surface area (Å²) < 4.78 is 10.8. The van der Waals surface area contributed by atoms with Gasteiger partial charge in [0.15, 0.2) is 0 Å². The van der Waals surface area contributed by atoms with Gasteiger partial charge in [0.25, 0.3) is 5.71 Å². The summed E-state index contributed by atoms with van der Waals surface area (Å²) >= 11 is 0. The highest BCUT2D eigenvalue weighted by Gasteiger charge is 2.28. The van der Waals surface area contributed by atoms with E-state index in [-0.39, 0.29) is 0 Å². The van der Waals surface area contributed by atoms with E-state index in [2.05, 4.69) is 24.9 Å². The van der Waals surface area contributed by atoms with Crippen LogP contribution in [0.2, 0.25) is 0 Å². The fraction of sp³-hybridized carbons (Fsp3) is 0.688. The molecule has 4 heterocycles. The van der Waals surface area contributed by atoms with Crippen LogP contribution in [0.15, 0.2) is 10.9 Å². The summed E-state index contributed by atoms with van der Waals surface area (Å²) in [5.74, 6) is 0.978. The Kier molecular flexibility index (Phi) is 4.13. The first-order valence-corrected chi connectivity index (χ1v) is 8.46. The molecule has 0 bridgehead atoms. The standard InChI is InChI=1S/C16H23N5O2/c1-12-14-15(17-11-18-16(14)23-19-12)21-5-3-2-4-13(21)10-20-6-8-22-9-7-20/h11,13H,2-10H2,1H3. The molecule has 2 aromatic rings. The lowest BCUT2D eigenvalue weighted by Gasteiger charge is -2.40.